The summed E-state index contributed by atoms with van der Waals surface area (Å²) in [7, 11) is 0. The molecular formula is C22H20F2N4O3S. The number of aromatic hydroxyl groups is 1. The number of nitrogens with zero attached hydrogens (tertiary/aromatic N) is 4. The molecule has 0 bridgehead atoms. The Morgan fingerprint density at radius 3 is 2.72 bits per heavy atom. The Morgan fingerprint density at radius 1 is 1.19 bits per heavy atom. The number of likely N-dealkylation sites (N-methyl/N-ethyl adjacent to an activating group) is 1. The molecule has 1 aliphatic carbocycles. The molecule has 2 aliphatic rings. The molecule has 0 spiro atoms. The summed E-state index contributed by atoms with van der Waals surface area (Å²) in [6.07, 6.45) is 4.35. The molecule has 1 amide bonds. The topological polar surface area (TPSA) is 88.3 Å². The van der Waals surface area contributed by atoms with Crippen molar-refractivity contribution >= 4 is 17.2 Å². The van der Waals surface area contributed by atoms with Crippen LogP contribution in [0.2, 0.25) is 0 Å². The van der Waals surface area contributed by atoms with E-state index in [1.165, 1.54) is 12.1 Å². The first kappa shape index (κ1) is 20.7. The molecule has 3 aromatic rings. The average molecular weight is 458 g/mol. The predicted molar refractivity (Wildman–Crippen MR) is 114 cm³/mol. The number of halogens is 2. The minimum Gasteiger partial charge on any atom is -0.503 e. The molecule has 2 aromatic heterocycles. The van der Waals surface area contributed by atoms with Gasteiger partial charge in [-0.15, -0.1) is 10.2 Å². The highest BCUT2D eigenvalue weighted by Crippen LogP contribution is 2.41. The van der Waals surface area contributed by atoms with Crippen LogP contribution in [-0.2, 0) is 6.42 Å². The second-order valence-corrected chi connectivity index (χ2v) is 9.11. The van der Waals surface area contributed by atoms with Crippen LogP contribution < -0.4 is 5.43 Å². The number of pyridine rings is 1. The molecule has 10 heteroatoms. The van der Waals surface area contributed by atoms with Crippen molar-refractivity contribution in [1.29, 1.82) is 0 Å². The molecule has 5 rings (SSSR count). The molecule has 2 atom stereocenters. The Hall–Kier alpha value is -3.14. The van der Waals surface area contributed by atoms with Crippen LogP contribution in [0.5, 0.6) is 5.75 Å². The van der Waals surface area contributed by atoms with Crippen LogP contribution in [-0.4, -0.2) is 43.3 Å². The van der Waals surface area contributed by atoms with Crippen molar-refractivity contribution in [3.8, 4) is 16.3 Å². The van der Waals surface area contributed by atoms with Crippen molar-refractivity contribution in [2.24, 2.45) is 0 Å². The van der Waals surface area contributed by atoms with Crippen molar-refractivity contribution in [2.75, 3.05) is 6.54 Å². The number of hydrogen-bond acceptors (Lipinski definition) is 6. The van der Waals surface area contributed by atoms with Gasteiger partial charge in [-0.3, -0.25) is 9.59 Å². The van der Waals surface area contributed by atoms with Gasteiger partial charge in [0.15, 0.2) is 16.5 Å². The Kier molecular flexibility index (Phi) is 5.04. The maximum Gasteiger partial charge on any atom is 0.274 e. The van der Waals surface area contributed by atoms with Crippen LogP contribution in [0.15, 0.2) is 29.2 Å². The Balaban J connectivity index is 1.55. The Labute approximate surface area is 186 Å². The maximum atomic E-state index is 14.0. The van der Waals surface area contributed by atoms with Crippen LogP contribution in [0.3, 0.4) is 0 Å². The molecule has 7 nitrogen and oxygen atoms in total. The average Bonchev–Trinajstić information content (AvgIpc) is 3.42. The third-order valence-corrected chi connectivity index (χ3v) is 7.23. The van der Waals surface area contributed by atoms with Gasteiger partial charge in [-0.25, -0.2) is 8.78 Å². The quantitative estimate of drug-likeness (QED) is 0.647. The van der Waals surface area contributed by atoms with Gasteiger partial charge in [0.25, 0.3) is 5.91 Å². The third-order valence-electron chi connectivity index (χ3n) is 6.27. The molecule has 1 saturated carbocycles. The van der Waals surface area contributed by atoms with E-state index in [-0.39, 0.29) is 46.2 Å². The number of aromatic nitrogens is 3. The first-order valence-corrected chi connectivity index (χ1v) is 11.3. The molecule has 0 unspecified atom stereocenters. The highest BCUT2D eigenvalue weighted by atomic mass is 32.1. The zero-order valence-electron chi connectivity index (χ0n) is 17.2. The smallest absolute Gasteiger partial charge is 0.274 e. The number of amides is 1. The minimum atomic E-state index is -0.687. The summed E-state index contributed by atoms with van der Waals surface area (Å²) in [4.78, 5) is 27.7. The molecule has 166 valence electrons. The van der Waals surface area contributed by atoms with E-state index in [1.54, 1.807) is 15.7 Å². The molecular weight excluding hydrogens is 438 g/mol. The summed E-state index contributed by atoms with van der Waals surface area (Å²) in [5.41, 5.74) is -0.259. The van der Waals surface area contributed by atoms with Crippen molar-refractivity contribution in [1.82, 2.24) is 19.7 Å². The summed E-state index contributed by atoms with van der Waals surface area (Å²) in [6, 6.07) is 3.33. The van der Waals surface area contributed by atoms with Crippen LogP contribution in [0.4, 0.5) is 8.78 Å². The van der Waals surface area contributed by atoms with Crippen LogP contribution in [0.1, 0.15) is 53.3 Å². The molecule has 1 fully saturated rings. The van der Waals surface area contributed by atoms with E-state index in [9.17, 15) is 23.5 Å². The molecule has 0 radical (unpaired) electrons. The fourth-order valence-electron chi connectivity index (χ4n) is 4.78. The van der Waals surface area contributed by atoms with E-state index in [0.29, 0.717) is 11.6 Å². The third kappa shape index (κ3) is 3.21. The number of carbonyl (C=O) groups is 1. The second-order valence-electron chi connectivity index (χ2n) is 8.05. The second kappa shape index (κ2) is 7.77. The SMILES string of the molecule is CCN1C(=O)c2c(O)c(=O)c(-c3nnc(Cc4ccc(F)cc4F)s3)cn2[C@H]2CCC[C@H]21. The number of benzene rings is 1. The van der Waals surface area contributed by atoms with Gasteiger partial charge in [0.2, 0.25) is 5.43 Å². The first-order chi connectivity index (χ1) is 15.4. The van der Waals surface area contributed by atoms with Gasteiger partial charge >= 0.3 is 0 Å². The van der Waals surface area contributed by atoms with Crippen molar-refractivity contribution in [3.05, 3.63) is 62.5 Å². The summed E-state index contributed by atoms with van der Waals surface area (Å²) in [5.74, 6) is -2.28. The molecule has 1 N–H and O–H groups in total. The van der Waals surface area contributed by atoms with E-state index in [2.05, 4.69) is 10.2 Å². The number of hydrogen-bond donors (Lipinski definition) is 1. The van der Waals surface area contributed by atoms with Gasteiger partial charge < -0.3 is 14.6 Å². The fraction of sp³-hybridized carbons (Fsp3) is 0.364. The van der Waals surface area contributed by atoms with Gasteiger partial charge in [0.05, 0.1) is 17.6 Å². The van der Waals surface area contributed by atoms with Gasteiger partial charge in [0.1, 0.15) is 16.6 Å². The van der Waals surface area contributed by atoms with Gasteiger partial charge in [-0.05, 0) is 37.8 Å². The molecule has 3 heterocycles. The minimum absolute atomic E-state index is 0.0156. The summed E-state index contributed by atoms with van der Waals surface area (Å²) >= 11 is 1.10. The van der Waals surface area contributed by atoms with E-state index >= 15 is 0 Å². The Morgan fingerprint density at radius 2 is 1.97 bits per heavy atom. The lowest BCUT2D eigenvalue weighted by Gasteiger charge is -2.39. The molecule has 1 aliphatic heterocycles. The number of fused-ring (bicyclic) bond motifs is 3. The van der Waals surface area contributed by atoms with Gasteiger partial charge in [-0.1, -0.05) is 17.4 Å². The highest BCUT2D eigenvalue weighted by molar-refractivity contribution is 7.14. The zero-order valence-corrected chi connectivity index (χ0v) is 18.0. The predicted octanol–water partition coefficient (Wildman–Crippen LogP) is 3.51. The first-order valence-electron chi connectivity index (χ1n) is 10.4. The van der Waals surface area contributed by atoms with Crippen molar-refractivity contribution < 1.29 is 18.7 Å². The fourth-order valence-corrected chi connectivity index (χ4v) is 5.65. The summed E-state index contributed by atoms with van der Waals surface area (Å²) in [5, 5.41) is 19.5. The number of carbonyl (C=O) groups excluding carboxylic acids is 1. The van der Waals surface area contributed by atoms with Gasteiger partial charge in [-0.2, -0.15) is 0 Å². The zero-order chi connectivity index (χ0) is 22.6. The standard InChI is InChI=1S/C22H20F2N4O3S/c1-2-27-15-4-3-5-16(15)28-10-13(19(29)20(30)18(28)22(27)31)21-26-25-17(32-21)8-11-6-7-12(23)9-14(11)24/h6-7,9-10,15-16,30H,2-5,8H2,1H3/t15-,16+/m1/s1. The lowest BCUT2D eigenvalue weighted by molar-refractivity contribution is 0.0565. The van der Waals surface area contributed by atoms with Crippen molar-refractivity contribution in [3.63, 3.8) is 0 Å². The number of rotatable bonds is 4. The maximum absolute atomic E-state index is 14.0. The normalized spacial score (nSPS) is 19.8. The van der Waals surface area contributed by atoms with E-state index in [4.69, 9.17) is 0 Å². The lowest BCUT2D eigenvalue weighted by Crippen LogP contribution is -2.49. The van der Waals surface area contributed by atoms with Crippen molar-refractivity contribution in [2.45, 2.75) is 44.7 Å². The van der Waals surface area contributed by atoms with E-state index in [0.717, 1.165) is 36.7 Å². The van der Waals surface area contributed by atoms with Crippen LogP contribution >= 0.6 is 11.3 Å². The molecule has 32 heavy (non-hydrogen) atoms. The van der Waals surface area contributed by atoms with Crippen LogP contribution in [0, 0.1) is 11.6 Å². The lowest BCUT2D eigenvalue weighted by atomic mass is 10.0. The monoisotopic (exact) mass is 458 g/mol. The molecule has 0 saturated heterocycles. The summed E-state index contributed by atoms with van der Waals surface area (Å²) in [6.45, 7) is 2.40. The largest absolute Gasteiger partial charge is 0.503 e. The summed E-state index contributed by atoms with van der Waals surface area (Å²) < 4.78 is 28.9. The Bertz CT molecular complexity index is 1290. The highest BCUT2D eigenvalue weighted by Gasteiger charge is 2.43. The van der Waals surface area contributed by atoms with Crippen LogP contribution in [0.25, 0.3) is 10.6 Å². The molecule has 1 aromatic carbocycles. The van der Waals surface area contributed by atoms with E-state index in [1.807, 2.05) is 6.92 Å². The van der Waals surface area contributed by atoms with E-state index < -0.39 is 22.8 Å². The van der Waals surface area contributed by atoms with Gasteiger partial charge in [0, 0.05) is 25.2 Å².